The van der Waals surface area contributed by atoms with E-state index in [0.717, 1.165) is 5.75 Å². The van der Waals surface area contributed by atoms with Crippen LogP contribution < -0.4 is 20.3 Å². The number of rotatable bonds is 8. The third-order valence-corrected chi connectivity index (χ3v) is 5.45. The van der Waals surface area contributed by atoms with Crippen LogP contribution in [0.15, 0.2) is 71.3 Å². The molecule has 8 nitrogen and oxygen atoms in total. The minimum Gasteiger partial charge on any atom is -0.491 e. The second-order valence-electron chi connectivity index (χ2n) is 8.36. The lowest BCUT2D eigenvalue weighted by atomic mass is 10.1. The first-order chi connectivity index (χ1) is 16.4. The topological polar surface area (TPSA) is 101 Å². The zero-order chi connectivity index (χ0) is 24.1. The van der Waals surface area contributed by atoms with Crippen LogP contribution in [-0.4, -0.2) is 30.4 Å². The maximum atomic E-state index is 13.0. The van der Waals surface area contributed by atoms with E-state index in [-0.39, 0.29) is 43.3 Å². The van der Waals surface area contributed by atoms with Gasteiger partial charge in [0.15, 0.2) is 0 Å². The SMILES string of the molecule is CC(C)Oc1ccc(N2C[C@H](C(=O)Nc3ccccc3C(=O)NCc3ccco3)CC2=O)cc1. The van der Waals surface area contributed by atoms with Gasteiger partial charge in [-0.25, -0.2) is 0 Å². The van der Waals surface area contributed by atoms with Crippen LogP contribution >= 0.6 is 0 Å². The molecule has 1 saturated heterocycles. The highest BCUT2D eigenvalue weighted by atomic mass is 16.5. The van der Waals surface area contributed by atoms with Crippen LogP contribution in [-0.2, 0) is 16.1 Å². The lowest BCUT2D eigenvalue weighted by Gasteiger charge is -2.18. The number of hydrogen-bond acceptors (Lipinski definition) is 5. The van der Waals surface area contributed by atoms with Crippen LogP contribution in [0.2, 0.25) is 0 Å². The third kappa shape index (κ3) is 5.46. The molecule has 0 saturated carbocycles. The molecule has 0 radical (unpaired) electrons. The average molecular weight is 462 g/mol. The Morgan fingerprint density at radius 2 is 1.85 bits per heavy atom. The number of ether oxygens (including phenoxy) is 1. The van der Waals surface area contributed by atoms with Gasteiger partial charge in [0, 0.05) is 18.7 Å². The molecular weight excluding hydrogens is 434 g/mol. The number of anilines is 2. The zero-order valence-electron chi connectivity index (χ0n) is 19.1. The quantitative estimate of drug-likeness (QED) is 0.528. The van der Waals surface area contributed by atoms with Gasteiger partial charge in [-0.3, -0.25) is 14.4 Å². The summed E-state index contributed by atoms with van der Waals surface area (Å²) in [7, 11) is 0. The first kappa shape index (κ1) is 23.1. The third-order valence-electron chi connectivity index (χ3n) is 5.45. The molecule has 176 valence electrons. The number of hydrogen-bond donors (Lipinski definition) is 2. The van der Waals surface area contributed by atoms with E-state index in [2.05, 4.69) is 10.6 Å². The number of nitrogens with zero attached hydrogens (tertiary/aromatic N) is 1. The van der Waals surface area contributed by atoms with Gasteiger partial charge in [-0.1, -0.05) is 12.1 Å². The van der Waals surface area contributed by atoms with E-state index in [4.69, 9.17) is 9.15 Å². The molecule has 2 heterocycles. The van der Waals surface area contributed by atoms with Crippen molar-refractivity contribution in [3.05, 3.63) is 78.3 Å². The number of carbonyl (C=O) groups is 3. The second-order valence-corrected chi connectivity index (χ2v) is 8.36. The average Bonchev–Trinajstić information content (AvgIpc) is 3.48. The molecule has 1 aliphatic rings. The summed E-state index contributed by atoms with van der Waals surface area (Å²) < 4.78 is 10.9. The zero-order valence-corrected chi connectivity index (χ0v) is 19.1. The molecule has 0 bridgehead atoms. The monoisotopic (exact) mass is 461 g/mol. The molecule has 4 rings (SSSR count). The Morgan fingerprint density at radius 1 is 1.09 bits per heavy atom. The van der Waals surface area contributed by atoms with E-state index in [1.165, 1.54) is 6.26 Å². The van der Waals surface area contributed by atoms with Crippen LogP contribution in [0.1, 0.15) is 36.4 Å². The summed E-state index contributed by atoms with van der Waals surface area (Å²) >= 11 is 0. The number of benzene rings is 2. The van der Waals surface area contributed by atoms with Crippen LogP contribution in [0, 0.1) is 5.92 Å². The Labute approximate surface area is 197 Å². The maximum Gasteiger partial charge on any atom is 0.253 e. The molecule has 2 N–H and O–H groups in total. The molecule has 1 atom stereocenters. The van der Waals surface area contributed by atoms with E-state index >= 15 is 0 Å². The fraction of sp³-hybridized carbons (Fsp3) is 0.269. The molecule has 1 aliphatic heterocycles. The maximum absolute atomic E-state index is 13.0. The standard InChI is InChI=1S/C26H27N3O5/c1-17(2)34-20-11-9-19(10-12-20)29-16-18(14-24(29)30)25(31)28-23-8-4-3-7-22(23)26(32)27-15-21-6-5-13-33-21/h3-13,17-18H,14-16H2,1-2H3,(H,27,32)(H,28,31)/t18-/m1/s1. The van der Waals surface area contributed by atoms with Crippen LogP contribution in [0.25, 0.3) is 0 Å². The molecule has 0 aliphatic carbocycles. The van der Waals surface area contributed by atoms with E-state index in [9.17, 15) is 14.4 Å². The number of nitrogens with one attached hydrogen (secondary N) is 2. The Balaban J connectivity index is 1.39. The molecule has 3 aromatic rings. The van der Waals surface area contributed by atoms with Crippen molar-refractivity contribution in [3.63, 3.8) is 0 Å². The van der Waals surface area contributed by atoms with Gasteiger partial charge in [-0.05, 0) is 62.4 Å². The van der Waals surface area contributed by atoms with E-state index in [1.54, 1.807) is 41.3 Å². The highest BCUT2D eigenvalue weighted by Gasteiger charge is 2.35. The number of amides is 3. The molecule has 0 unspecified atom stereocenters. The first-order valence-electron chi connectivity index (χ1n) is 11.2. The van der Waals surface area contributed by atoms with Crippen molar-refractivity contribution < 1.29 is 23.5 Å². The normalized spacial score (nSPS) is 15.4. The molecule has 1 aromatic heterocycles. The highest BCUT2D eigenvalue weighted by Crippen LogP contribution is 2.28. The van der Waals surface area contributed by atoms with Gasteiger partial charge in [-0.2, -0.15) is 0 Å². The van der Waals surface area contributed by atoms with E-state index < -0.39 is 5.92 Å². The predicted molar refractivity (Wildman–Crippen MR) is 128 cm³/mol. The van der Waals surface area contributed by atoms with Crippen LogP contribution in [0.3, 0.4) is 0 Å². The minimum absolute atomic E-state index is 0.0578. The summed E-state index contributed by atoms with van der Waals surface area (Å²) in [6.07, 6.45) is 1.70. The van der Waals surface area contributed by atoms with Crippen LogP contribution in [0.5, 0.6) is 5.75 Å². The van der Waals surface area contributed by atoms with Gasteiger partial charge in [0.2, 0.25) is 11.8 Å². The molecule has 34 heavy (non-hydrogen) atoms. The molecular formula is C26H27N3O5. The summed E-state index contributed by atoms with van der Waals surface area (Å²) in [5, 5.41) is 5.61. The lowest BCUT2D eigenvalue weighted by Crippen LogP contribution is -2.29. The van der Waals surface area contributed by atoms with Crippen molar-refractivity contribution >= 4 is 29.1 Å². The first-order valence-corrected chi connectivity index (χ1v) is 11.2. The summed E-state index contributed by atoms with van der Waals surface area (Å²) in [5.74, 6) is 0.0624. The summed E-state index contributed by atoms with van der Waals surface area (Å²) in [4.78, 5) is 39.9. The van der Waals surface area contributed by atoms with Gasteiger partial charge < -0.3 is 24.7 Å². The Kier molecular flexibility index (Phi) is 6.96. The van der Waals surface area contributed by atoms with Gasteiger partial charge in [0.25, 0.3) is 5.91 Å². The molecule has 1 fully saturated rings. The van der Waals surface area contributed by atoms with Crippen molar-refractivity contribution in [2.45, 2.75) is 32.9 Å². The van der Waals surface area contributed by atoms with Crippen molar-refractivity contribution in [1.29, 1.82) is 0 Å². The molecule has 8 heteroatoms. The van der Waals surface area contributed by atoms with Gasteiger partial charge in [-0.15, -0.1) is 0 Å². The van der Waals surface area contributed by atoms with Crippen molar-refractivity contribution in [2.24, 2.45) is 5.92 Å². The Morgan fingerprint density at radius 3 is 2.56 bits per heavy atom. The second kappa shape index (κ2) is 10.2. The van der Waals surface area contributed by atoms with E-state index in [1.807, 2.05) is 38.1 Å². The van der Waals surface area contributed by atoms with Crippen molar-refractivity contribution in [1.82, 2.24) is 5.32 Å². The largest absolute Gasteiger partial charge is 0.491 e. The smallest absolute Gasteiger partial charge is 0.253 e. The molecule has 2 aromatic carbocycles. The summed E-state index contributed by atoms with van der Waals surface area (Å²) in [6, 6.07) is 17.5. The fourth-order valence-corrected chi connectivity index (χ4v) is 3.81. The Hall–Kier alpha value is -4.07. The lowest BCUT2D eigenvalue weighted by molar-refractivity contribution is -0.122. The minimum atomic E-state index is -0.529. The highest BCUT2D eigenvalue weighted by molar-refractivity contribution is 6.07. The summed E-state index contributed by atoms with van der Waals surface area (Å²) in [5.41, 5.74) is 1.45. The summed E-state index contributed by atoms with van der Waals surface area (Å²) in [6.45, 7) is 4.40. The molecule has 0 spiro atoms. The van der Waals surface area contributed by atoms with Gasteiger partial charge in [0.05, 0.1) is 36.1 Å². The molecule has 3 amide bonds. The fourth-order valence-electron chi connectivity index (χ4n) is 3.81. The van der Waals surface area contributed by atoms with E-state index in [0.29, 0.717) is 22.7 Å². The van der Waals surface area contributed by atoms with Gasteiger partial charge in [0.1, 0.15) is 11.5 Å². The van der Waals surface area contributed by atoms with Crippen molar-refractivity contribution in [2.75, 3.05) is 16.8 Å². The predicted octanol–water partition coefficient (Wildman–Crippen LogP) is 3.99. The number of para-hydroxylation sites is 1. The van der Waals surface area contributed by atoms with Crippen molar-refractivity contribution in [3.8, 4) is 5.75 Å². The van der Waals surface area contributed by atoms with Crippen LogP contribution in [0.4, 0.5) is 11.4 Å². The number of furan rings is 1. The number of carbonyl (C=O) groups excluding carboxylic acids is 3. The Bertz CT molecular complexity index is 1160. The van der Waals surface area contributed by atoms with Gasteiger partial charge >= 0.3 is 0 Å².